The lowest BCUT2D eigenvalue weighted by Gasteiger charge is -2.32. The highest BCUT2D eigenvalue weighted by Gasteiger charge is 2.35. The van der Waals surface area contributed by atoms with Gasteiger partial charge in [0, 0.05) is 45.2 Å². The topological polar surface area (TPSA) is 120 Å². The van der Waals surface area contributed by atoms with Crippen molar-refractivity contribution < 1.29 is 37.0 Å². The maximum atomic E-state index is 13.7. The number of ether oxygens (including phenoxy) is 2. The summed E-state index contributed by atoms with van der Waals surface area (Å²) in [4.78, 5) is 50.9. The number of fused-ring (bicyclic) bond motifs is 1. The van der Waals surface area contributed by atoms with E-state index in [1.165, 1.54) is 48.4 Å². The van der Waals surface area contributed by atoms with Crippen molar-refractivity contribution in [3.63, 3.8) is 0 Å². The Bertz CT molecular complexity index is 1850. The van der Waals surface area contributed by atoms with E-state index in [1.54, 1.807) is 13.1 Å². The smallest absolute Gasteiger partial charge is 0.449 e. The summed E-state index contributed by atoms with van der Waals surface area (Å²) in [6.45, 7) is 5.69. The molecule has 2 heterocycles. The molecule has 0 unspecified atom stereocenters. The van der Waals surface area contributed by atoms with Gasteiger partial charge in [-0.2, -0.15) is 13.2 Å². The molecule has 14 heteroatoms. The minimum absolute atomic E-state index is 0.0481. The normalized spacial score (nSPS) is 13.7. The van der Waals surface area contributed by atoms with Crippen LogP contribution < -0.4 is 19.7 Å². The monoisotopic (exact) mass is 694 g/mol. The van der Waals surface area contributed by atoms with Crippen LogP contribution in [0.15, 0.2) is 54.6 Å². The molecule has 3 amide bonds. The van der Waals surface area contributed by atoms with Crippen molar-refractivity contribution in [1.29, 1.82) is 0 Å². The van der Waals surface area contributed by atoms with Crippen LogP contribution in [0.5, 0.6) is 11.5 Å². The number of carbonyl (C=O) groups excluding carboxylic acids is 3. The van der Waals surface area contributed by atoms with Crippen LogP contribution in [-0.2, 0) is 11.0 Å². The van der Waals surface area contributed by atoms with E-state index in [2.05, 4.69) is 27.2 Å². The molecule has 0 spiro atoms. The zero-order chi connectivity index (χ0) is 36.0. The number of H-pyrrole nitrogens is 1. The molecular formula is C36H41F3N6O5. The first-order valence-electron chi connectivity index (χ1n) is 16.4. The number of hydrogen-bond donors (Lipinski definition) is 2. The Labute approximate surface area is 288 Å². The molecule has 0 bridgehead atoms. The van der Waals surface area contributed by atoms with Gasteiger partial charge in [0.25, 0.3) is 11.8 Å². The predicted molar refractivity (Wildman–Crippen MR) is 184 cm³/mol. The molecule has 1 aliphatic rings. The number of anilines is 2. The molecule has 5 rings (SSSR count). The van der Waals surface area contributed by atoms with Gasteiger partial charge >= 0.3 is 6.18 Å². The van der Waals surface area contributed by atoms with Crippen molar-refractivity contribution in [1.82, 2.24) is 19.8 Å². The highest BCUT2D eigenvalue weighted by Crippen LogP contribution is 2.33. The van der Waals surface area contributed by atoms with Gasteiger partial charge in [0.05, 0.1) is 36.2 Å². The third-order valence-electron chi connectivity index (χ3n) is 8.65. The summed E-state index contributed by atoms with van der Waals surface area (Å²) in [5.74, 6) is -1.38. The minimum atomic E-state index is -4.68. The van der Waals surface area contributed by atoms with Gasteiger partial charge in [-0.15, -0.1) is 0 Å². The third kappa shape index (κ3) is 8.54. The number of aromatic amines is 1. The third-order valence-corrected chi connectivity index (χ3v) is 8.65. The van der Waals surface area contributed by atoms with Crippen LogP contribution in [-0.4, -0.2) is 91.5 Å². The van der Waals surface area contributed by atoms with Crippen LogP contribution in [0.1, 0.15) is 57.8 Å². The Morgan fingerprint density at radius 3 is 2.46 bits per heavy atom. The SMILES string of the molecule is COc1cc(C(=O)N(C)c2ccc(C)cc2OCCCCCC(=O)N2CCN(C)CC2)ccc1C(=O)Nc1cccc2[nH]c(C(F)(F)F)nc12. The molecule has 50 heavy (non-hydrogen) atoms. The summed E-state index contributed by atoms with van der Waals surface area (Å²) >= 11 is 0. The van der Waals surface area contributed by atoms with Gasteiger partial charge in [0.1, 0.15) is 17.0 Å². The number of halogens is 3. The van der Waals surface area contributed by atoms with E-state index in [4.69, 9.17) is 9.47 Å². The predicted octanol–water partition coefficient (Wildman–Crippen LogP) is 6.14. The van der Waals surface area contributed by atoms with E-state index in [9.17, 15) is 27.6 Å². The second-order valence-corrected chi connectivity index (χ2v) is 12.3. The molecule has 0 radical (unpaired) electrons. The highest BCUT2D eigenvalue weighted by molar-refractivity contribution is 6.11. The standard InChI is InChI=1S/C36H41F3N6O5/c1-23-12-15-28(30(21-23)50-20-7-5-6-11-31(46)45-18-16-43(2)17-19-45)44(3)34(48)24-13-14-25(29(22-24)49-4)33(47)40-26-9-8-10-27-32(26)42-35(41-27)36(37,38)39/h8-10,12-15,21-22H,5-7,11,16-20H2,1-4H3,(H,40,47)(H,41,42). The number of likely N-dealkylation sites (N-methyl/N-ethyl adjacent to an activating group) is 1. The quantitative estimate of drug-likeness (QED) is 0.171. The number of nitrogens with zero attached hydrogens (tertiary/aromatic N) is 4. The van der Waals surface area contributed by atoms with Crippen molar-refractivity contribution in [3.8, 4) is 11.5 Å². The fourth-order valence-electron chi connectivity index (χ4n) is 5.74. The van der Waals surface area contributed by atoms with Crippen molar-refractivity contribution in [2.75, 3.05) is 64.2 Å². The van der Waals surface area contributed by atoms with Gasteiger partial charge in [-0.25, -0.2) is 4.98 Å². The molecule has 0 aliphatic carbocycles. The Hall–Kier alpha value is -5.11. The van der Waals surface area contributed by atoms with E-state index < -0.39 is 17.9 Å². The lowest BCUT2D eigenvalue weighted by Crippen LogP contribution is -2.47. The second kappa shape index (κ2) is 15.6. The molecular weight excluding hydrogens is 653 g/mol. The maximum absolute atomic E-state index is 13.7. The number of imidazole rings is 1. The first-order chi connectivity index (χ1) is 23.8. The number of para-hydroxylation sites is 1. The van der Waals surface area contributed by atoms with E-state index in [-0.39, 0.29) is 45.4 Å². The summed E-state index contributed by atoms with van der Waals surface area (Å²) in [5.41, 5.74) is 1.96. The average molecular weight is 695 g/mol. The number of benzene rings is 3. The van der Waals surface area contributed by atoms with Gasteiger partial charge in [-0.05, 0) is 81.3 Å². The molecule has 11 nitrogen and oxygen atoms in total. The molecule has 2 N–H and O–H groups in total. The van der Waals surface area contributed by atoms with Crippen LogP contribution in [0, 0.1) is 6.92 Å². The number of aryl methyl sites for hydroxylation is 1. The molecule has 1 aliphatic heterocycles. The van der Waals surface area contributed by atoms with Crippen LogP contribution in [0.3, 0.4) is 0 Å². The Morgan fingerprint density at radius 2 is 1.74 bits per heavy atom. The fourth-order valence-corrected chi connectivity index (χ4v) is 5.74. The number of amides is 3. The number of aromatic nitrogens is 2. The first kappa shape index (κ1) is 36.2. The fraction of sp³-hybridized carbons (Fsp3) is 0.389. The van der Waals surface area contributed by atoms with Crippen LogP contribution in [0.2, 0.25) is 0 Å². The Morgan fingerprint density at radius 1 is 0.980 bits per heavy atom. The first-order valence-corrected chi connectivity index (χ1v) is 16.4. The number of methoxy groups -OCH3 is 1. The van der Waals surface area contributed by atoms with E-state index in [0.717, 1.165) is 51.0 Å². The van der Waals surface area contributed by atoms with Gasteiger partial charge < -0.3 is 34.5 Å². The largest absolute Gasteiger partial charge is 0.496 e. The van der Waals surface area contributed by atoms with Gasteiger partial charge in [0.2, 0.25) is 11.7 Å². The molecule has 266 valence electrons. The average Bonchev–Trinajstić information content (AvgIpc) is 3.56. The maximum Gasteiger partial charge on any atom is 0.449 e. The molecule has 0 saturated carbocycles. The zero-order valence-electron chi connectivity index (χ0n) is 28.5. The number of rotatable bonds is 12. The Balaban J connectivity index is 1.21. The summed E-state index contributed by atoms with van der Waals surface area (Å²) in [5, 5.41) is 2.60. The van der Waals surface area contributed by atoms with Gasteiger partial charge in [0.15, 0.2) is 0 Å². The molecule has 3 aromatic carbocycles. The van der Waals surface area contributed by atoms with E-state index in [1.807, 2.05) is 24.0 Å². The highest BCUT2D eigenvalue weighted by atomic mass is 19.4. The number of hydrogen-bond acceptors (Lipinski definition) is 7. The number of unbranched alkanes of at least 4 members (excludes halogenated alkanes) is 2. The molecule has 1 fully saturated rings. The lowest BCUT2D eigenvalue weighted by atomic mass is 10.1. The summed E-state index contributed by atoms with van der Waals surface area (Å²) in [7, 11) is 5.03. The number of nitrogens with one attached hydrogen (secondary N) is 2. The zero-order valence-corrected chi connectivity index (χ0v) is 28.5. The molecule has 1 saturated heterocycles. The second-order valence-electron chi connectivity index (χ2n) is 12.3. The number of carbonyl (C=O) groups is 3. The number of piperazine rings is 1. The molecule has 1 aromatic heterocycles. The van der Waals surface area contributed by atoms with Gasteiger partial charge in [-0.1, -0.05) is 12.1 Å². The van der Waals surface area contributed by atoms with Crippen molar-refractivity contribution >= 4 is 40.1 Å². The van der Waals surface area contributed by atoms with Crippen molar-refractivity contribution in [2.45, 2.75) is 38.8 Å². The van der Waals surface area contributed by atoms with Gasteiger partial charge in [-0.3, -0.25) is 14.4 Å². The minimum Gasteiger partial charge on any atom is -0.496 e. The molecule has 4 aromatic rings. The Kier molecular flexibility index (Phi) is 11.3. The van der Waals surface area contributed by atoms with E-state index >= 15 is 0 Å². The van der Waals surface area contributed by atoms with Crippen molar-refractivity contribution in [3.05, 3.63) is 77.1 Å². The van der Waals surface area contributed by atoms with Crippen LogP contribution in [0.4, 0.5) is 24.5 Å². The summed E-state index contributed by atoms with van der Waals surface area (Å²) < 4.78 is 51.2. The summed E-state index contributed by atoms with van der Waals surface area (Å²) in [6, 6.07) is 14.2. The van der Waals surface area contributed by atoms with Crippen LogP contribution in [0.25, 0.3) is 11.0 Å². The number of alkyl halides is 3. The van der Waals surface area contributed by atoms with Crippen LogP contribution >= 0.6 is 0 Å². The summed E-state index contributed by atoms with van der Waals surface area (Å²) in [6.07, 6.45) is -1.80. The van der Waals surface area contributed by atoms with E-state index in [0.29, 0.717) is 24.5 Å². The lowest BCUT2D eigenvalue weighted by molar-refractivity contribution is -0.144. The van der Waals surface area contributed by atoms with Crippen molar-refractivity contribution in [2.24, 2.45) is 0 Å². The molecule has 0 atom stereocenters.